The summed E-state index contributed by atoms with van der Waals surface area (Å²) in [7, 11) is 1.14. The fraction of sp³-hybridized carbons (Fsp3) is 0.364. The summed E-state index contributed by atoms with van der Waals surface area (Å²) < 4.78 is 54.7. The number of esters is 1. The van der Waals surface area contributed by atoms with Gasteiger partial charge in [-0.15, -0.1) is 0 Å². The van der Waals surface area contributed by atoms with Crippen LogP contribution in [0.2, 0.25) is 0 Å². The van der Waals surface area contributed by atoms with Gasteiger partial charge >= 0.3 is 12.1 Å². The van der Waals surface area contributed by atoms with Crippen molar-refractivity contribution >= 4 is 5.97 Å². The largest absolute Gasteiger partial charge is 0.469 e. The van der Waals surface area contributed by atoms with Crippen LogP contribution >= 0.6 is 0 Å². The average Bonchev–Trinajstić information content (AvgIpc) is 2.27. The van der Waals surface area contributed by atoms with E-state index in [4.69, 9.17) is 5.73 Å². The normalized spacial score (nSPS) is 13.2. The first kappa shape index (κ1) is 14.4. The Morgan fingerprint density at radius 1 is 1.44 bits per heavy atom. The monoisotopic (exact) mass is 265 g/mol. The number of hydrogen-bond acceptors (Lipinski definition) is 3. The van der Waals surface area contributed by atoms with Gasteiger partial charge in [-0.25, -0.2) is 4.39 Å². The van der Waals surface area contributed by atoms with Crippen LogP contribution in [0.1, 0.15) is 23.6 Å². The molecule has 0 aliphatic heterocycles. The number of carbonyl (C=O) groups excluding carboxylic acids is 1. The summed E-state index contributed by atoms with van der Waals surface area (Å²) in [4.78, 5) is 10.9. The molecule has 0 spiro atoms. The average molecular weight is 265 g/mol. The number of hydrogen-bond donors (Lipinski definition) is 1. The van der Waals surface area contributed by atoms with Crippen LogP contribution in [-0.2, 0) is 15.7 Å². The van der Waals surface area contributed by atoms with Gasteiger partial charge in [-0.2, -0.15) is 13.2 Å². The zero-order valence-corrected chi connectivity index (χ0v) is 9.42. The summed E-state index contributed by atoms with van der Waals surface area (Å²) in [5.74, 6) is -2.03. The van der Waals surface area contributed by atoms with E-state index in [9.17, 15) is 22.4 Å². The standard InChI is InChI=1S/C11H11F4NO2/c1-18-10(17)5-9(16)6-2-3-8(12)7(4-6)11(13,14)15/h2-4,9H,5,16H2,1H3. The van der Waals surface area contributed by atoms with Crippen LogP contribution in [-0.4, -0.2) is 13.1 Å². The van der Waals surface area contributed by atoms with E-state index in [-0.39, 0.29) is 12.0 Å². The predicted molar refractivity (Wildman–Crippen MR) is 55.0 cm³/mol. The molecular weight excluding hydrogens is 254 g/mol. The third kappa shape index (κ3) is 3.43. The molecule has 18 heavy (non-hydrogen) atoms. The highest BCUT2D eigenvalue weighted by Gasteiger charge is 2.34. The highest BCUT2D eigenvalue weighted by molar-refractivity contribution is 5.70. The highest BCUT2D eigenvalue weighted by atomic mass is 19.4. The molecule has 0 amide bonds. The molecule has 0 saturated carbocycles. The molecule has 7 heteroatoms. The number of ether oxygens (including phenoxy) is 1. The first-order valence-electron chi connectivity index (χ1n) is 4.94. The van der Waals surface area contributed by atoms with E-state index in [0.29, 0.717) is 12.1 Å². The molecule has 0 aliphatic rings. The van der Waals surface area contributed by atoms with Crippen LogP contribution in [0.25, 0.3) is 0 Å². The molecule has 0 aliphatic carbocycles. The maximum atomic E-state index is 13.0. The first-order valence-corrected chi connectivity index (χ1v) is 4.94. The Morgan fingerprint density at radius 3 is 2.56 bits per heavy atom. The molecule has 1 unspecified atom stereocenters. The van der Waals surface area contributed by atoms with Gasteiger partial charge in [0.1, 0.15) is 5.82 Å². The first-order chi connectivity index (χ1) is 8.25. The van der Waals surface area contributed by atoms with Gasteiger partial charge in [0.2, 0.25) is 0 Å². The van der Waals surface area contributed by atoms with E-state index in [0.717, 1.165) is 13.2 Å². The lowest BCUT2D eigenvalue weighted by Gasteiger charge is -2.14. The van der Waals surface area contributed by atoms with Gasteiger partial charge in [0.05, 0.1) is 19.1 Å². The molecule has 0 fully saturated rings. The number of benzene rings is 1. The molecule has 0 aromatic heterocycles. The van der Waals surface area contributed by atoms with Crippen molar-refractivity contribution < 1.29 is 27.1 Å². The smallest absolute Gasteiger partial charge is 0.419 e. The van der Waals surface area contributed by atoms with E-state index >= 15 is 0 Å². The molecule has 1 atom stereocenters. The van der Waals surface area contributed by atoms with Gasteiger partial charge in [0, 0.05) is 6.04 Å². The Hall–Kier alpha value is -1.63. The zero-order chi connectivity index (χ0) is 13.9. The van der Waals surface area contributed by atoms with Crippen LogP contribution in [0, 0.1) is 5.82 Å². The molecule has 0 bridgehead atoms. The lowest BCUT2D eigenvalue weighted by Crippen LogP contribution is -2.18. The third-order valence-electron chi connectivity index (χ3n) is 2.34. The van der Waals surface area contributed by atoms with Crippen molar-refractivity contribution in [3.05, 3.63) is 35.1 Å². The quantitative estimate of drug-likeness (QED) is 0.674. The van der Waals surface area contributed by atoms with Gasteiger partial charge in [0.25, 0.3) is 0 Å². The van der Waals surface area contributed by atoms with Crippen LogP contribution in [0.15, 0.2) is 18.2 Å². The van der Waals surface area contributed by atoms with Crippen LogP contribution < -0.4 is 5.73 Å². The maximum Gasteiger partial charge on any atom is 0.419 e. The second kappa shape index (κ2) is 5.34. The number of carbonyl (C=O) groups is 1. The summed E-state index contributed by atoms with van der Waals surface area (Å²) in [5, 5.41) is 0. The Bertz CT molecular complexity index is 445. The van der Waals surface area contributed by atoms with Crippen molar-refractivity contribution in [1.82, 2.24) is 0 Å². The Morgan fingerprint density at radius 2 is 2.06 bits per heavy atom. The molecule has 0 saturated heterocycles. The van der Waals surface area contributed by atoms with Crippen molar-refractivity contribution in [3.63, 3.8) is 0 Å². The zero-order valence-electron chi connectivity index (χ0n) is 9.42. The number of alkyl halides is 3. The maximum absolute atomic E-state index is 13.0. The van der Waals surface area contributed by atoms with Crippen molar-refractivity contribution in [2.45, 2.75) is 18.6 Å². The molecular formula is C11H11F4NO2. The Kier molecular flexibility index (Phi) is 4.28. The Balaban J connectivity index is 3.01. The van der Waals surface area contributed by atoms with E-state index < -0.39 is 29.6 Å². The summed E-state index contributed by atoms with van der Waals surface area (Å²) in [6, 6.07) is 1.41. The van der Waals surface area contributed by atoms with Crippen molar-refractivity contribution in [2.75, 3.05) is 7.11 Å². The third-order valence-corrected chi connectivity index (χ3v) is 2.34. The minimum absolute atomic E-state index is 0.0223. The van der Waals surface area contributed by atoms with Crippen molar-refractivity contribution in [2.24, 2.45) is 5.73 Å². The van der Waals surface area contributed by atoms with Crippen LogP contribution in [0.5, 0.6) is 0 Å². The fourth-order valence-electron chi connectivity index (χ4n) is 1.37. The van der Waals surface area contributed by atoms with Crippen molar-refractivity contribution in [1.29, 1.82) is 0 Å². The lowest BCUT2D eigenvalue weighted by molar-refractivity contribution is -0.141. The molecule has 3 nitrogen and oxygen atoms in total. The SMILES string of the molecule is COC(=O)CC(N)c1ccc(F)c(C(F)(F)F)c1. The number of methoxy groups -OCH3 is 1. The molecule has 100 valence electrons. The highest BCUT2D eigenvalue weighted by Crippen LogP contribution is 2.33. The topological polar surface area (TPSA) is 52.3 Å². The molecule has 2 N–H and O–H groups in total. The van der Waals surface area contributed by atoms with Gasteiger partial charge in [0.15, 0.2) is 0 Å². The second-order valence-electron chi connectivity index (χ2n) is 3.62. The second-order valence-corrected chi connectivity index (χ2v) is 3.62. The summed E-state index contributed by atoms with van der Waals surface area (Å²) in [5.41, 5.74) is 4.16. The molecule has 1 rings (SSSR count). The molecule has 0 radical (unpaired) electrons. The number of halogens is 4. The van der Waals surface area contributed by atoms with E-state index in [2.05, 4.69) is 4.74 Å². The van der Waals surface area contributed by atoms with Crippen LogP contribution in [0.3, 0.4) is 0 Å². The molecule has 1 aromatic carbocycles. The van der Waals surface area contributed by atoms with Gasteiger partial charge < -0.3 is 10.5 Å². The molecule has 0 heterocycles. The summed E-state index contributed by atoms with van der Waals surface area (Å²) in [6.45, 7) is 0. The van der Waals surface area contributed by atoms with E-state index in [1.165, 1.54) is 0 Å². The van der Waals surface area contributed by atoms with E-state index in [1.807, 2.05) is 0 Å². The number of nitrogens with two attached hydrogens (primary N) is 1. The van der Waals surface area contributed by atoms with Gasteiger partial charge in [-0.3, -0.25) is 4.79 Å². The minimum atomic E-state index is -4.80. The van der Waals surface area contributed by atoms with E-state index in [1.54, 1.807) is 0 Å². The summed E-state index contributed by atoms with van der Waals surface area (Å²) >= 11 is 0. The van der Waals surface area contributed by atoms with Crippen molar-refractivity contribution in [3.8, 4) is 0 Å². The minimum Gasteiger partial charge on any atom is -0.469 e. The molecule has 1 aromatic rings. The summed E-state index contributed by atoms with van der Waals surface area (Å²) in [6.07, 6.45) is -5.08. The fourth-order valence-corrected chi connectivity index (χ4v) is 1.37. The van der Waals surface area contributed by atoms with Crippen LogP contribution in [0.4, 0.5) is 17.6 Å². The Labute approximate surface area is 101 Å². The van der Waals surface area contributed by atoms with Gasteiger partial charge in [-0.05, 0) is 17.7 Å². The van der Waals surface area contributed by atoms with Gasteiger partial charge in [-0.1, -0.05) is 6.07 Å². The number of rotatable bonds is 3. The lowest BCUT2D eigenvalue weighted by atomic mass is 10.0. The predicted octanol–water partition coefficient (Wildman–Crippen LogP) is 2.41.